The van der Waals surface area contributed by atoms with Crippen molar-refractivity contribution in [2.45, 2.75) is 59.3 Å². The maximum atomic E-state index is 7.12. The number of hydrogen-bond donors (Lipinski definition) is 0. The fourth-order valence-electron chi connectivity index (χ4n) is 10.8. The van der Waals surface area contributed by atoms with Crippen LogP contribution in [0.5, 0.6) is 11.5 Å². The molecule has 3 heterocycles. The molecule has 0 amide bonds. The number of aromatic nitrogens is 2. The minimum Gasteiger partial charge on any atom is -0.457 e. The minimum absolute atomic E-state index is 0.0539. The summed E-state index contributed by atoms with van der Waals surface area (Å²) in [5.41, 5.74) is 19.6. The third kappa shape index (κ3) is 8.58. The summed E-state index contributed by atoms with van der Waals surface area (Å²) >= 11 is 0. The number of pyridine rings is 1. The molecule has 0 bridgehead atoms. The van der Waals surface area contributed by atoms with Gasteiger partial charge < -0.3 is 14.5 Å². The molecule has 0 N–H and O–H groups in total. The molecule has 0 saturated heterocycles. The lowest BCUT2D eigenvalue weighted by atomic mass is 9.86. The van der Waals surface area contributed by atoms with Gasteiger partial charge in [-0.25, -0.2) is 4.98 Å². The summed E-state index contributed by atoms with van der Waals surface area (Å²) in [4.78, 5) is 10.1. The molecule has 0 fully saturated rings. The van der Waals surface area contributed by atoms with E-state index in [1.165, 1.54) is 50.2 Å². The van der Waals surface area contributed by atoms with Crippen LogP contribution in [0.15, 0.2) is 225 Å². The number of nitrogens with zero attached hydrogens (tertiary/aromatic N) is 4. The van der Waals surface area contributed by atoms with Gasteiger partial charge in [-0.05, 0) is 117 Å². The van der Waals surface area contributed by atoms with Gasteiger partial charge in [0.05, 0.1) is 28.1 Å². The van der Waals surface area contributed by atoms with Crippen molar-refractivity contribution in [3.63, 3.8) is 0 Å². The van der Waals surface area contributed by atoms with E-state index in [9.17, 15) is 0 Å². The zero-order chi connectivity index (χ0) is 50.7. The highest BCUT2D eigenvalue weighted by Gasteiger charge is 2.32. The van der Waals surface area contributed by atoms with Gasteiger partial charge >= 0.3 is 0 Å². The van der Waals surface area contributed by atoms with Crippen LogP contribution in [0.4, 0.5) is 22.7 Å². The maximum absolute atomic E-state index is 7.12. The van der Waals surface area contributed by atoms with Gasteiger partial charge in [-0.1, -0.05) is 193 Å². The average Bonchev–Trinajstić information content (AvgIpc) is 3.96. The predicted molar refractivity (Wildman–Crippen MR) is 311 cm³/mol. The summed E-state index contributed by atoms with van der Waals surface area (Å²) in [6, 6.07) is 78.9. The van der Waals surface area contributed by atoms with Crippen molar-refractivity contribution in [2.24, 2.45) is 0 Å². The van der Waals surface area contributed by atoms with Gasteiger partial charge in [-0.15, -0.1) is 0 Å². The first-order valence-corrected chi connectivity index (χ1v) is 25.8. The number of anilines is 4. The fraction of sp³-hybridized carbons (Fsp3) is 0.145. The molecule has 1 aliphatic rings. The highest BCUT2D eigenvalue weighted by atomic mass is 16.5. The SMILES string of the molecule is Cc1cc(-n2c3ccc(-c4ccccc4)cc3c3ccc(Oc4cc(N5CN(c6c(-c7ccccc7)cccc6-c6ccc(C(C)(C)C)cc6)c6ccccc65)cc(C(C)(C)C)c4)cc32)ncc1-c1ccccc1. The molecule has 74 heavy (non-hydrogen) atoms. The van der Waals surface area contributed by atoms with Crippen LogP contribution in [-0.2, 0) is 10.8 Å². The topological polar surface area (TPSA) is 33.5 Å². The average molecular weight is 961 g/mol. The highest BCUT2D eigenvalue weighted by molar-refractivity contribution is 6.11. The third-order valence-corrected chi connectivity index (χ3v) is 14.8. The molecule has 0 spiro atoms. The summed E-state index contributed by atoms with van der Waals surface area (Å²) in [7, 11) is 0. The Kier molecular flexibility index (Phi) is 11.6. The Hall–Kier alpha value is -8.67. The van der Waals surface area contributed by atoms with Crippen LogP contribution in [0.25, 0.3) is 72.1 Å². The molecule has 2 aromatic heterocycles. The van der Waals surface area contributed by atoms with Crippen LogP contribution in [0.1, 0.15) is 58.2 Å². The molecule has 0 radical (unpaired) electrons. The molecule has 5 heteroatoms. The van der Waals surface area contributed by atoms with Gasteiger partial charge in [-0.3, -0.25) is 4.57 Å². The Bertz CT molecular complexity index is 3860. The summed E-state index contributed by atoms with van der Waals surface area (Å²) in [5, 5.41) is 2.29. The Labute approximate surface area is 435 Å². The molecule has 0 aliphatic carbocycles. The molecular weight excluding hydrogens is 901 g/mol. The number of ether oxygens (including phenoxy) is 1. The number of benzene rings is 9. The zero-order valence-corrected chi connectivity index (χ0v) is 43.3. The van der Waals surface area contributed by atoms with Crippen molar-refractivity contribution in [2.75, 3.05) is 16.5 Å². The number of para-hydroxylation sites is 3. The van der Waals surface area contributed by atoms with E-state index in [2.05, 4.69) is 281 Å². The summed E-state index contributed by atoms with van der Waals surface area (Å²) < 4.78 is 9.41. The van der Waals surface area contributed by atoms with Gasteiger partial charge in [-0.2, -0.15) is 0 Å². The van der Waals surface area contributed by atoms with Crippen LogP contribution >= 0.6 is 0 Å². The molecule has 0 saturated carbocycles. The second kappa shape index (κ2) is 18.4. The van der Waals surface area contributed by atoms with Crippen LogP contribution in [0.3, 0.4) is 0 Å². The molecule has 5 nitrogen and oxygen atoms in total. The Balaban J connectivity index is 0.966. The minimum atomic E-state index is -0.165. The highest BCUT2D eigenvalue weighted by Crippen LogP contribution is 2.51. The monoisotopic (exact) mass is 960 g/mol. The smallest absolute Gasteiger partial charge is 0.137 e. The quantitative estimate of drug-likeness (QED) is 0.144. The lowest BCUT2D eigenvalue weighted by Crippen LogP contribution is -2.25. The third-order valence-electron chi connectivity index (χ3n) is 14.8. The largest absolute Gasteiger partial charge is 0.457 e. The summed E-state index contributed by atoms with van der Waals surface area (Å²) in [5.74, 6) is 2.39. The van der Waals surface area contributed by atoms with E-state index in [-0.39, 0.29) is 10.8 Å². The fourth-order valence-corrected chi connectivity index (χ4v) is 10.8. The molecule has 1 aliphatic heterocycles. The summed E-state index contributed by atoms with van der Waals surface area (Å²) in [6.07, 6.45) is 2.01. The molecule has 11 aromatic rings. The van der Waals surface area contributed by atoms with E-state index < -0.39 is 0 Å². The number of aryl methyl sites for hydroxylation is 1. The zero-order valence-electron chi connectivity index (χ0n) is 43.3. The van der Waals surface area contributed by atoms with Crippen molar-refractivity contribution in [3.8, 4) is 61.8 Å². The van der Waals surface area contributed by atoms with E-state index in [0.29, 0.717) is 6.67 Å². The lowest BCUT2D eigenvalue weighted by Gasteiger charge is -2.28. The molecule has 12 rings (SSSR count). The molecule has 0 atom stereocenters. The number of hydrogen-bond acceptors (Lipinski definition) is 4. The van der Waals surface area contributed by atoms with Gasteiger partial charge in [0.25, 0.3) is 0 Å². The van der Waals surface area contributed by atoms with E-state index in [1.807, 2.05) is 6.20 Å². The van der Waals surface area contributed by atoms with Crippen LogP contribution in [-0.4, -0.2) is 16.2 Å². The molecule has 0 unspecified atom stereocenters. The Morgan fingerprint density at radius 2 is 1.00 bits per heavy atom. The van der Waals surface area contributed by atoms with E-state index in [4.69, 9.17) is 9.72 Å². The second-order valence-electron chi connectivity index (χ2n) is 21.8. The van der Waals surface area contributed by atoms with Crippen molar-refractivity contribution < 1.29 is 4.74 Å². The normalized spacial score (nSPS) is 12.7. The standard InChI is InChI=1S/C69H60N4O/c1-46-38-66(70-44-61(46)49-24-15-10-16-25-49)73-62-37-32-51(47-20-11-8-12-21-47)39-60(62)59-36-35-55(43-65(59)73)74-56-41-53(69(5,6)7)40-54(42-56)71-45-72(64-29-18-17-28-63(64)71)67-57(48-22-13-9-14-23-48)26-19-27-58(67)50-30-33-52(34-31-50)68(2,3)4/h8-44H,45H2,1-7H3. The van der Waals surface area contributed by atoms with Gasteiger partial charge in [0.2, 0.25) is 0 Å². The molecule has 362 valence electrons. The number of fused-ring (bicyclic) bond motifs is 4. The van der Waals surface area contributed by atoms with Crippen molar-refractivity contribution in [3.05, 3.63) is 241 Å². The first-order chi connectivity index (χ1) is 35.9. The maximum Gasteiger partial charge on any atom is 0.137 e. The molecule has 9 aromatic carbocycles. The first kappa shape index (κ1) is 46.4. The molecular formula is C69H60N4O. The van der Waals surface area contributed by atoms with Gasteiger partial charge in [0.15, 0.2) is 0 Å². The van der Waals surface area contributed by atoms with Crippen molar-refractivity contribution >= 4 is 44.6 Å². The van der Waals surface area contributed by atoms with Crippen LogP contribution in [0, 0.1) is 6.92 Å². The van der Waals surface area contributed by atoms with E-state index in [1.54, 1.807) is 0 Å². The Morgan fingerprint density at radius 3 is 1.64 bits per heavy atom. The van der Waals surface area contributed by atoms with Gasteiger partial charge in [0.1, 0.15) is 24.0 Å². The number of rotatable bonds is 9. The van der Waals surface area contributed by atoms with E-state index >= 15 is 0 Å². The lowest BCUT2D eigenvalue weighted by molar-refractivity contribution is 0.479. The Morgan fingerprint density at radius 1 is 0.419 bits per heavy atom. The van der Waals surface area contributed by atoms with Crippen LogP contribution in [0.2, 0.25) is 0 Å². The second-order valence-corrected chi connectivity index (χ2v) is 21.8. The summed E-state index contributed by atoms with van der Waals surface area (Å²) in [6.45, 7) is 16.4. The van der Waals surface area contributed by atoms with Crippen LogP contribution < -0.4 is 14.5 Å². The first-order valence-electron chi connectivity index (χ1n) is 25.8. The van der Waals surface area contributed by atoms with Crippen molar-refractivity contribution in [1.29, 1.82) is 0 Å². The van der Waals surface area contributed by atoms with E-state index in [0.717, 1.165) is 72.9 Å². The van der Waals surface area contributed by atoms with Gasteiger partial charge in [0, 0.05) is 51.5 Å². The van der Waals surface area contributed by atoms with Crippen molar-refractivity contribution in [1.82, 2.24) is 9.55 Å². The predicted octanol–water partition coefficient (Wildman–Crippen LogP) is 18.8.